The number of nitrogens with zero attached hydrogens (tertiary/aromatic N) is 4. The largest absolute Gasteiger partial charge is 0.331 e. The lowest BCUT2D eigenvalue weighted by Crippen LogP contribution is -2.32. The van der Waals surface area contributed by atoms with E-state index in [0.29, 0.717) is 23.2 Å². The van der Waals surface area contributed by atoms with E-state index in [4.69, 9.17) is 11.6 Å². The molecular formula is C21H21ClN4O. The van der Waals surface area contributed by atoms with Gasteiger partial charge in [0.1, 0.15) is 0 Å². The highest BCUT2D eigenvalue weighted by atomic mass is 35.5. The molecule has 1 fully saturated rings. The molecule has 1 aliphatic rings. The summed E-state index contributed by atoms with van der Waals surface area (Å²) in [6.45, 7) is 4.43. The van der Waals surface area contributed by atoms with Gasteiger partial charge in [-0.2, -0.15) is 5.10 Å². The van der Waals surface area contributed by atoms with Gasteiger partial charge in [-0.1, -0.05) is 11.6 Å². The zero-order valence-corrected chi connectivity index (χ0v) is 16.1. The third-order valence-electron chi connectivity index (χ3n) is 4.91. The molecule has 27 heavy (non-hydrogen) atoms. The van der Waals surface area contributed by atoms with E-state index in [1.54, 1.807) is 12.4 Å². The lowest BCUT2D eigenvalue weighted by Gasteiger charge is -2.22. The smallest absolute Gasteiger partial charge is 0.254 e. The van der Waals surface area contributed by atoms with E-state index in [9.17, 15) is 4.79 Å². The molecule has 1 saturated carbocycles. The quantitative estimate of drug-likeness (QED) is 0.661. The molecule has 1 aliphatic carbocycles. The lowest BCUT2D eigenvalue weighted by atomic mass is 10.1. The van der Waals surface area contributed by atoms with Gasteiger partial charge in [-0.3, -0.25) is 9.78 Å². The van der Waals surface area contributed by atoms with E-state index in [0.717, 1.165) is 35.5 Å². The summed E-state index contributed by atoms with van der Waals surface area (Å²) in [5.41, 5.74) is 4.37. The molecule has 0 spiro atoms. The number of pyridine rings is 1. The summed E-state index contributed by atoms with van der Waals surface area (Å²) < 4.78 is 1.81. The second-order valence-electron chi connectivity index (χ2n) is 6.96. The number of halogens is 1. The van der Waals surface area contributed by atoms with Crippen molar-refractivity contribution in [2.24, 2.45) is 0 Å². The number of aromatic nitrogens is 3. The standard InChI is InChI=1S/C21H21ClN4O/c1-14-20(22)15(2)26(24-14)19-5-3-17(4-6-19)21(27)25(18-7-8-18)13-16-9-11-23-12-10-16/h3-6,9-12,18H,7-8,13H2,1-2H3. The van der Waals surface area contributed by atoms with Crippen molar-refractivity contribution in [1.29, 1.82) is 0 Å². The molecule has 0 N–H and O–H groups in total. The molecule has 2 heterocycles. The molecule has 3 aromatic rings. The predicted octanol–water partition coefficient (Wildman–Crippen LogP) is 4.34. The van der Waals surface area contributed by atoms with E-state index in [-0.39, 0.29) is 5.91 Å². The van der Waals surface area contributed by atoms with Crippen LogP contribution in [0, 0.1) is 13.8 Å². The topological polar surface area (TPSA) is 51.0 Å². The Labute approximate surface area is 163 Å². The van der Waals surface area contributed by atoms with Crippen LogP contribution < -0.4 is 0 Å². The molecule has 0 bridgehead atoms. The summed E-state index contributed by atoms with van der Waals surface area (Å²) in [7, 11) is 0. The maximum absolute atomic E-state index is 13.1. The van der Waals surface area contributed by atoms with E-state index in [1.807, 2.05) is 59.8 Å². The molecular weight excluding hydrogens is 360 g/mol. The Balaban J connectivity index is 1.56. The van der Waals surface area contributed by atoms with E-state index in [2.05, 4.69) is 10.1 Å². The first kappa shape index (κ1) is 17.7. The van der Waals surface area contributed by atoms with Crippen molar-refractivity contribution in [1.82, 2.24) is 19.7 Å². The Hall–Kier alpha value is -2.66. The Morgan fingerprint density at radius 1 is 1.15 bits per heavy atom. The lowest BCUT2D eigenvalue weighted by molar-refractivity contribution is 0.0730. The van der Waals surface area contributed by atoms with Gasteiger partial charge in [-0.05, 0) is 68.7 Å². The van der Waals surface area contributed by atoms with Gasteiger partial charge < -0.3 is 4.90 Å². The highest BCUT2D eigenvalue weighted by Gasteiger charge is 2.33. The molecule has 1 amide bonds. The fraction of sp³-hybridized carbons (Fsp3) is 0.286. The average Bonchev–Trinajstić information content (AvgIpc) is 3.51. The molecule has 0 unspecified atom stereocenters. The number of rotatable bonds is 5. The van der Waals surface area contributed by atoms with Gasteiger partial charge >= 0.3 is 0 Å². The highest BCUT2D eigenvalue weighted by molar-refractivity contribution is 6.31. The summed E-state index contributed by atoms with van der Waals surface area (Å²) in [5.74, 6) is 0.0623. The first-order valence-electron chi connectivity index (χ1n) is 9.06. The minimum atomic E-state index is 0.0623. The van der Waals surface area contributed by atoms with Gasteiger partial charge in [0.15, 0.2) is 0 Å². The van der Waals surface area contributed by atoms with Crippen molar-refractivity contribution in [3.8, 4) is 5.69 Å². The zero-order chi connectivity index (χ0) is 19.0. The number of hydrogen-bond donors (Lipinski definition) is 0. The van der Waals surface area contributed by atoms with Crippen molar-refractivity contribution in [2.45, 2.75) is 39.3 Å². The fourth-order valence-electron chi connectivity index (χ4n) is 3.22. The molecule has 1 aromatic carbocycles. The normalized spacial score (nSPS) is 13.6. The van der Waals surface area contributed by atoms with Crippen LogP contribution in [0.25, 0.3) is 5.69 Å². The van der Waals surface area contributed by atoms with E-state index < -0.39 is 0 Å². The second kappa shape index (κ2) is 7.16. The molecule has 6 heteroatoms. The zero-order valence-electron chi connectivity index (χ0n) is 15.4. The monoisotopic (exact) mass is 380 g/mol. The van der Waals surface area contributed by atoms with Gasteiger partial charge in [0, 0.05) is 30.5 Å². The highest BCUT2D eigenvalue weighted by Crippen LogP contribution is 2.30. The van der Waals surface area contributed by atoms with Crippen LogP contribution in [0.5, 0.6) is 0 Å². The van der Waals surface area contributed by atoms with Crippen LogP contribution in [0.3, 0.4) is 0 Å². The van der Waals surface area contributed by atoms with Crippen molar-refractivity contribution < 1.29 is 4.79 Å². The molecule has 0 atom stereocenters. The third kappa shape index (κ3) is 3.60. The first-order chi connectivity index (χ1) is 13.0. The van der Waals surface area contributed by atoms with Crippen LogP contribution >= 0.6 is 11.6 Å². The maximum atomic E-state index is 13.1. The summed E-state index contributed by atoms with van der Waals surface area (Å²) in [6.07, 6.45) is 5.66. The Kier molecular flexibility index (Phi) is 4.70. The van der Waals surface area contributed by atoms with Gasteiger partial charge in [0.25, 0.3) is 5.91 Å². The van der Waals surface area contributed by atoms with Crippen molar-refractivity contribution in [2.75, 3.05) is 0 Å². The summed E-state index contributed by atoms with van der Waals surface area (Å²) >= 11 is 6.24. The third-order valence-corrected chi connectivity index (χ3v) is 5.46. The number of carbonyl (C=O) groups excluding carboxylic acids is 1. The predicted molar refractivity (Wildman–Crippen MR) is 105 cm³/mol. The minimum Gasteiger partial charge on any atom is -0.331 e. The SMILES string of the molecule is Cc1nn(-c2ccc(C(=O)N(Cc3ccncc3)C3CC3)cc2)c(C)c1Cl. The van der Waals surface area contributed by atoms with E-state index >= 15 is 0 Å². The van der Waals surface area contributed by atoms with Gasteiger partial charge in [0.05, 0.1) is 22.1 Å². The summed E-state index contributed by atoms with van der Waals surface area (Å²) in [6, 6.07) is 11.8. The number of aryl methyl sites for hydroxylation is 1. The van der Waals surface area contributed by atoms with Crippen molar-refractivity contribution >= 4 is 17.5 Å². The molecule has 5 nitrogen and oxygen atoms in total. The van der Waals surface area contributed by atoms with E-state index in [1.165, 1.54) is 0 Å². The van der Waals surface area contributed by atoms with Crippen LogP contribution in [0.2, 0.25) is 5.02 Å². The number of benzene rings is 1. The van der Waals surface area contributed by atoms with Crippen molar-refractivity contribution in [3.63, 3.8) is 0 Å². The maximum Gasteiger partial charge on any atom is 0.254 e. The minimum absolute atomic E-state index is 0.0623. The van der Waals surface area contributed by atoms with Crippen LogP contribution in [0.4, 0.5) is 0 Å². The van der Waals surface area contributed by atoms with Gasteiger partial charge in [0.2, 0.25) is 0 Å². The van der Waals surface area contributed by atoms with Gasteiger partial charge in [-0.15, -0.1) is 0 Å². The number of amides is 1. The number of carbonyl (C=O) groups is 1. The second-order valence-corrected chi connectivity index (χ2v) is 7.34. The Morgan fingerprint density at radius 2 is 1.81 bits per heavy atom. The molecule has 0 radical (unpaired) electrons. The molecule has 2 aromatic heterocycles. The van der Waals surface area contributed by atoms with Crippen molar-refractivity contribution in [3.05, 3.63) is 76.3 Å². The summed E-state index contributed by atoms with van der Waals surface area (Å²) in [4.78, 5) is 19.1. The molecule has 0 aliphatic heterocycles. The molecule has 0 saturated heterocycles. The Bertz CT molecular complexity index is 962. The van der Waals surface area contributed by atoms with Crippen LogP contribution in [-0.4, -0.2) is 31.6 Å². The van der Waals surface area contributed by atoms with Crippen LogP contribution in [0.1, 0.15) is 40.2 Å². The fourth-order valence-corrected chi connectivity index (χ4v) is 3.34. The first-order valence-corrected chi connectivity index (χ1v) is 9.44. The summed E-state index contributed by atoms with van der Waals surface area (Å²) in [5, 5.41) is 5.14. The number of hydrogen-bond acceptors (Lipinski definition) is 3. The molecule has 138 valence electrons. The van der Waals surface area contributed by atoms with Crippen LogP contribution in [0.15, 0.2) is 48.8 Å². The van der Waals surface area contributed by atoms with Crippen LogP contribution in [-0.2, 0) is 6.54 Å². The Morgan fingerprint density at radius 3 is 2.37 bits per heavy atom. The van der Waals surface area contributed by atoms with Gasteiger partial charge in [-0.25, -0.2) is 4.68 Å². The average molecular weight is 381 g/mol. The molecule has 4 rings (SSSR count).